The van der Waals surface area contributed by atoms with Crippen LogP contribution < -0.4 is 5.32 Å². The molecule has 0 bridgehead atoms. The van der Waals surface area contributed by atoms with Crippen LogP contribution in [0.3, 0.4) is 0 Å². The molecule has 0 radical (unpaired) electrons. The molecule has 1 saturated carbocycles. The Hall–Kier alpha value is -1.53. The van der Waals surface area contributed by atoms with Crippen LogP contribution in [0, 0.1) is 15.9 Å². The van der Waals surface area contributed by atoms with Crippen molar-refractivity contribution >= 4 is 5.69 Å². The first-order valence-corrected chi connectivity index (χ1v) is 6.85. The first kappa shape index (κ1) is 14.9. The molecule has 1 aromatic rings. The quantitative estimate of drug-likeness (QED) is 0.642. The second kappa shape index (κ2) is 6.28. The van der Waals surface area contributed by atoms with E-state index in [-0.39, 0.29) is 12.1 Å². The lowest BCUT2D eigenvalue weighted by molar-refractivity contribution is -0.387. The molecule has 0 heterocycles. The monoisotopic (exact) mass is 282 g/mol. The van der Waals surface area contributed by atoms with Crippen molar-refractivity contribution in [1.82, 2.24) is 5.32 Å². The first-order valence-electron chi connectivity index (χ1n) is 6.85. The second-order valence-electron chi connectivity index (χ2n) is 5.40. The van der Waals surface area contributed by atoms with Crippen LogP contribution in [0.25, 0.3) is 0 Å². The zero-order valence-electron chi connectivity index (χ0n) is 11.3. The number of hydrogen-bond acceptors (Lipinski definition) is 4. The minimum absolute atomic E-state index is 0.0580. The van der Waals surface area contributed by atoms with Crippen molar-refractivity contribution in [2.24, 2.45) is 0 Å². The summed E-state index contributed by atoms with van der Waals surface area (Å²) in [7, 11) is 0. The number of nitrogens with one attached hydrogen (secondary N) is 1. The van der Waals surface area contributed by atoms with E-state index in [0.717, 1.165) is 25.7 Å². The lowest BCUT2D eigenvalue weighted by atomic mass is 9.82. The van der Waals surface area contributed by atoms with E-state index in [0.29, 0.717) is 12.1 Å². The van der Waals surface area contributed by atoms with Crippen LogP contribution in [0.2, 0.25) is 0 Å². The Morgan fingerprint density at radius 3 is 2.60 bits per heavy atom. The van der Waals surface area contributed by atoms with Gasteiger partial charge in [-0.05, 0) is 24.5 Å². The van der Waals surface area contributed by atoms with Crippen molar-refractivity contribution in [2.45, 2.75) is 44.2 Å². The van der Waals surface area contributed by atoms with Crippen LogP contribution in [0.5, 0.6) is 0 Å². The van der Waals surface area contributed by atoms with E-state index in [2.05, 4.69) is 5.32 Å². The SMILES string of the molecule is O=[N+]([O-])c1ccc(CNC2(CO)CCCCC2)cc1F. The Morgan fingerprint density at radius 2 is 2.05 bits per heavy atom. The molecule has 0 aromatic heterocycles. The third-order valence-corrected chi connectivity index (χ3v) is 3.99. The van der Waals surface area contributed by atoms with Crippen LogP contribution in [-0.4, -0.2) is 22.2 Å². The molecular weight excluding hydrogens is 263 g/mol. The van der Waals surface area contributed by atoms with Gasteiger partial charge in [0, 0.05) is 18.2 Å². The van der Waals surface area contributed by atoms with Gasteiger partial charge >= 0.3 is 5.69 Å². The molecule has 1 aliphatic rings. The van der Waals surface area contributed by atoms with Crippen LogP contribution in [0.15, 0.2) is 18.2 Å². The van der Waals surface area contributed by atoms with Crippen molar-refractivity contribution in [1.29, 1.82) is 0 Å². The molecule has 0 atom stereocenters. The minimum Gasteiger partial charge on any atom is -0.394 e. The number of nitrogens with zero attached hydrogens (tertiary/aromatic N) is 1. The number of nitro groups is 1. The molecule has 6 heteroatoms. The summed E-state index contributed by atoms with van der Waals surface area (Å²) in [6.45, 7) is 0.456. The molecule has 0 spiro atoms. The Labute approximate surface area is 117 Å². The lowest BCUT2D eigenvalue weighted by Gasteiger charge is -2.36. The van der Waals surface area contributed by atoms with Crippen molar-refractivity contribution in [3.05, 3.63) is 39.7 Å². The highest BCUT2D eigenvalue weighted by Gasteiger charge is 2.30. The van der Waals surface area contributed by atoms with Gasteiger partial charge in [0.2, 0.25) is 5.82 Å². The fraction of sp³-hybridized carbons (Fsp3) is 0.571. The van der Waals surface area contributed by atoms with E-state index in [1.54, 1.807) is 6.07 Å². The summed E-state index contributed by atoms with van der Waals surface area (Å²) in [5, 5.41) is 23.4. The van der Waals surface area contributed by atoms with Gasteiger partial charge in [-0.25, -0.2) is 0 Å². The maximum absolute atomic E-state index is 13.5. The standard InChI is InChI=1S/C14H19FN2O3/c15-12-8-11(4-5-13(12)17(19)20)9-16-14(10-18)6-2-1-3-7-14/h4-5,8,16,18H,1-3,6-7,9-10H2. The molecule has 2 N–H and O–H groups in total. The molecule has 0 aliphatic heterocycles. The van der Waals surface area contributed by atoms with Gasteiger partial charge in [0.25, 0.3) is 0 Å². The number of aliphatic hydroxyl groups excluding tert-OH is 1. The molecule has 1 aliphatic carbocycles. The molecule has 0 unspecified atom stereocenters. The maximum atomic E-state index is 13.5. The van der Waals surface area contributed by atoms with Gasteiger partial charge in [0.15, 0.2) is 0 Å². The van der Waals surface area contributed by atoms with Crippen LogP contribution in [0.1, 0.15) is 37.7 Å². The summed E-state index contributed by atoms with van der Waals surface area (Å²) >= 11 is 0. The molecule has 1 fully saturated rings. The molecule has 110 valence electrons. The molecular formula is C14H19FN2O3. The number of nitro benzene ring substituents is 1. The highest BCUT2D eigenvalue weighted by Crippen LogP contribution is 2.28. The Balaban J connectivity index is 2.03. The molecule has 2 rings (SSSR count). The van der Waals surface area contributed by atoms with E-state index >= 15 is 0 Å². The molecule has 1 aromatic carbocycles. The molecule has 5 nitrogen and oxygen atoms in total. The summed E-state index contributed by atoms with van der Waals surface area (Å²) in [6.07, 6.45) is 5.12. The van der Waals surface area contributed by atoms with Crippen molar-refractivity contribution < 1.29 is 14.4 Å². The highest BCUT2D eigenvalue weighted by molar-refractivity contribution is 5.35. The van der Waals surface area contributed by atoms with E-state index in [4.69, 9.17) is 0 Å². The number of halogens is 1. The van der Waals surface area contributed by atoms with Gasteiger partial charge in [0.1, 0.15) is 0 Å². The Kier molecular flexibility index (Phi) is 4.67. The van der Waals surface area contributed by atoms with Crippen LogP contribution in [0.4, 0.5) is 10.1 Å². The number of aliphatic hydroxyl groups is 1. The van der Waals surface area contributed by atoms with E-state index in [1.807, 2.05) is 0 Å². The van der Waals surface area contributed by atoms with E-state index in [1.165, 1.54) is 18.6 Å². The van der Waals surface area contributed by atoms with Crippen molar-refractivity contribution in [2.75, 3.05) is 6.61 Å². The largest absolute Gasteiger partial charge is 0.394 e. The van der Waals surface area contributed by atoms with Gasteiger partial charge < -0.3 is 10.4 Å². The fourth-order valence-corrected chi connectivity index (χ4v) is 2.72. The van der Waals surface area contributed by atoms with Crippen LogP contribution in [-0.2, 0) is 6.54 Å². The number of hydrogen-bond donors (Lipinski definition) is 2. The van der Waals surface area contributed by atoms with Gasteiger partial charge in [-0.15, -0.1) is 0 Å². The van der Waals surface area contributed by atoms with E-state index in [9.17, 15) is 19.6 Å². The normalized spacial score (nSPS) is 17.9. The number of benzene rings is 1. The third-order valence-electron chi connectivity index (χ3n) is 3.99. The van der Waals surface area contributed by atoms with Crippen molar-refractivity contribution in [3.63, 3.8) is 0 Å². The van der Waals surface area contributed by atoms with Gasteiger partial charge in [0.05, 0.1) is 11.5 Å². The highest BCUT2D eigenvalue weighted by atomic mass is 19.1. The summed E-state index contributed by atoms with van der Waals surface area (Å²) in [6, 6.07) is 3.90. The molecule has 0 saturated heterocycles. The minimum atomic E-state index is -0.823. The topological polar surface area (TPSA) is 75.4 Å². The van der Waals surface area contributed by atoms with Crippen molar-refractivity contribution in [3.8, 4) is 0 Å². The second-order valence-corrected chi connectivity index (χ2v) is 5.40. The Bertz CT molecular complexity index is 487. The van der Waals surface area contributed by atoms with Gasteiger partial charge in [-0.1, -0.05) is 25.3 Å². The summed E-state index contributed by atoms with van der Waals surface area (Å²) in [4.78, 5) is 9.82. The van der Waals surface area contributed by atoms with E-state index < -0.39 is 16.4 Å². The predicted molar refractivity (Wildman–Crippen MR) is 72.8 cm³/mol. The lowest BCUT2D eigenvalue weighted by Crippen LogP contribution is -2.49. The van der Waals surface area contributed by atoms with Crippen LogP contribution >= 0.6 is 0 Å². The maximum Gasteiger partial charge on any atom is 0.304 e. The summed E-state index contributed by atoms with van der Waals surface area (Å²) in [5.41, 5.74) is -0.161. The zero-order chi connectivity index (χ0) is 14.6. The number of rotatable bonds is 5. The summed E-state index contributed by atoms with van der Waals surface area (Å²) < 4.78 is 13.5. The Morgan fingerprint density at radius 1 is 1.35 bits per heavy atom. The predicted octanol–water partition coefficient (Wildman–Crippen LogP) is 2.52. The molecule has 20 heavy (non-hydrogen) atoms. The van der Waals surface area contributed by atoms with Gasteiger partial charge in [-0.3, -0.25) is 10.1 Å². The van der Waals surface area contributed by atoms with Gasteiger partial charge in [-0.2, -0.15) is 4.39 Å². The zero-order valence-corrected chi connectivity index (χ0v) is 11.3. The average molecular weight is 282 g/mol. The fourth-order valence-electron chi connectivity index (χ4n) is 2.72. The molecule has 0 amide bonds. The summed E-state index contributed by atoms with van der Waals surface area (Å²) in [5.74, 6) is -0.823. The smallest absolute Gasteiger partial charge is 0.304 e. The third kappa shape index (κ3) is 3.32. The first-order chi connectivity index (χ1) is 9.56. The average Bonchev–Trinajstić information content (AvgIpc) is 2.46.